The molecule has 0 aliphatic rings. The van der Waals surface area contributed by atoms with Gasteiger partial charge in [0.05, 0.1) is 31.9 Å². The molecule has 25 heavy (non-hydrogen) atoms. The molecule has 0 spiro atoms. The second-order valence-corrected chi connectivity index (χ2v) is 6.72. The number of hydrogen-bond acceptors (Lipinski definition) is 3. The number of thiocarbonyl (C=S) groups is 1. The summed E-state index contributed by atoms with van der Waals surface area (Å²) in [7, 11) is 0. The zero-order valence-corrected chi connectivity index (χ0v) is 15.9. The predicted molar refractivity (Wildman–Crippen MR) is 104 cm³/mol. The first-order valence-electron chi connectivity index (χ1n) is 6.48. The predicted octanol–water partition coefficient (Wildman–Crippen LogP) is 5.13. The minimum absolute atomic E-state index is 0.0243. The van der Waals surface area contributed by atoms with Gasteiger partial charge in [0, 0.05) is 5.02 Å². The lowest BCUT2D eigenvalue weighted by Crippen LogP contribution is -2.34. The van der Waals surface area contributed by atoms with Crippen molar-refractivity contribution in [3.63, 3.8) is 0 Å². The quantitative estimate of drug-likeness (QED) is 0.580. The average Bonchev–Trinajstić information content (AvgIpc) is 2.51. The van der Waals surface area contributed by atoms with Gasteiger partial charge in [-0.3, -0.25) is 10.1 Å². The number of rotatable bonds is 3. The molecule has 0 atom stereocenters. The minimum Gasteiger partial charge on any atom is -0.478 e. The summed E-state index contributed by atoms with van der Waals surface area (Å²) in [6.07, 6.45) is 0. The van der Waals surface area contributed by atoms with Crippen molar-refractivity contribution in [3.05, 3.63) is 61.5 Å². The van der Waals surface area contributed by atoms with E-state index in [0.29, 0.717) is 5.02 Å². The van der Waals surface area contributed by atoms with E-state index < -0.39 is 11.9 Å². The fourth-order valence-corrected chi connectivity index (χ4v) is 2.89. The van der Waals surface area contributed by atoms with Crippen molar-refractivity contribution in [2.24, 2.45) is 0 Å². The lowest BCUT2D eigenvalue weighted by molar-refractivity contribution is 0.0697. The minimum atomic E-state index is -1.23. The van der Waals surface area contributed by atoms with E-state index in [-0.39, 0.29) is 37.0 Å². The summed E-state index contributed by atoms with van der Waals surface area (Å²) >= 11 is 28.6. The molecule has 0 bridgehead atoms. The third-order valence-electron chi connectivity index (χ3n) is 2.94. The molecular formula is C15H8Cl4N2O3S. The average molecular weight is 438 g/mol. The molecule has 0 aromatic heterocycles. The zero-order chi connectivity index (χ0) is 18.7. The van der Waals surface area contributed by atoms with Crippen LogP contribution in [0.25, 0.3) is 0 Å². The number of carbonyl (C=O) groups excluding carboxylic acids is 1. The van der Waals surface area contributed by atoms with Gasteiger partial charge in [-0.2, -0.15) is 0 Å². The van der Waals surface area contributed by atoms with E-state index in [1.807, 2.05) is 0 Å². The van der Waals surface area contributed by atoms with Crippen molar-refractivity contribution >= 4 is 81.3 Å². The molecule has 10 heteroatoms. The van der Waals surface area contributed by atoms with Gasteiger partial charge in [0.2, 0.25) is 0 Å². The SMILES string of the molecule is O=C(O)c1cc(NC(=S)NC(=O)c2cc(Cl)ccc2Cl)c(Cl)cc1Cl. The summed E-state index contributed by atoms with van der Waals surface area (Å²) in [6.45, 7) is 0. The first-order chi connectivity index (χ1) is 11.7. The number of benzene rings is 2. The van der Waals surface area contributed by atoms with Gasteiger partial charge in [-0.05, 0) is 42.5 Å². The molecule has 0 aliphatic heterocycles. The van der Waals surface area contributed by atoms with Gasteiger partial charge in [-0.1, -0.05) is 46.4 Å². The topological polar surface area (TPSA) is 78.4 Å². The summed E-state index contributed by atoms with van der Waals surface area (Å²) in [4.78, 5) is 23.3. The van der Waals surface area contributed by atoms with Gasteiger partial charge in [0.15, 0.2) is 5.11 Å². The largest absolute Gasteiger partial charge is 0.478 e. The van der Waals surface area contributed by atoms with Crippen molar-refractivity contribution < 1.29 is 14.7 Å². The maximum Gasteiger partial charge on any atom is 0.337 e. The first-order valence-corrected chi connectivity index (χ1v) is 8.40. The van der Waals surface area contributed by atoms with Crippen LogP contribution in [0.3, 0.4) is 0 Å². The van der Waals surface area contributed by atoms with Crippen LogP contribution in [-0.4, -0.2) is 22.1 Å². The summed E-state index contributed by atoms with van der Waals surface area (Å²) in [6, 6.07) is 6.87. The smallest absolute Gasteiger partial charge is 0.337 e. The number of anilines is 1. The number of aromatic carboxylic acids is 1. The Kier molecular flexibility index (Phi) is 6.48. The van der Waals surface area contributed by atoms with Crippen LogP contribution in [-0.2, 0) is 0 Å². The Morgan fingerprint density at radius 1 is 0.920 bits per heavy atom. The summed E-state index contributed by atoms with van der Waals surface area (Å²) in [5.41, 5.74) is 0.137. The lowest BCUT2D eigenvalue weighted by Gasteiger charge is -2.13. The van der Waals surface area contributed by atoms with Gasteiger partial charge in [-0.15, -0.1) is 0 Å². The van der Waals surface area contributed by atoms with Crippen LogP contribution in [0.5, 0.6) is 0 Å². The fraction of sp³-hybridized carbons (Fsp3) is 0. The van der Waals surface area contributed by atoms with E-state index in [0.717, 1.165) is 0 Å². The van der Waals surface area contributed by atoms with E-state index >= 15 is 0 Å². The molecule has 0 fully saturated rings. The van der Waals surface area contributed by atoms with Gasteiger partial charge in [-0.25, -0.2) is 4.79 Å². The molecular weight excluding hydrogens is 430 g/mol. The van der Waals surface area contributed by atoms with Crippen LogP contribution < -0.4 is 10.6 Å². The number of halogens is 4. The molecule has 130 valence electrons. The molecule has 2 aromatic rings. The van der Waals surface area contributed by atoms with Crippen molar-refractivity contribution in [3.8, 4) is 0 Å². The van der Waals surface area contributed by atoms with Crippen LogP contribution >= 0.6 is 58.6 Å². The normalized spacial score (nSPS) is 10.2. The monoisotopic (exact) mass is 436 g/mol. The van der Waals surface area contributed by atoms with E-state index in [2.05, 4.69) is 10.6 Å². The van der Waals surface area contributed by atoms with Crippen LogP contribution in [0.1, 0.15) is 20.7 Å². The molecule has 0 aliphatic carbocycles. The highest BCUT2D eigenvalue weighted by molar-refractivity contribution is 7.80. The van der Waals surface area contributed by atoms with E-state index in [9.17, 15) is 9.59 Å². The van der Waals surface area contributed by atoms with E-state index in [1.165, 1.54) is 30.3 Å². The molecule has 0 saturated carbocycles. The lowest BCUT2D eigenvalue weighted by atomic mass is 10.2. The molecule has 0 radical (unpaired) electrons. The highest BCUT2D eigenvalue weighted by Gasteiger charge is 2.16. The Balaban J connectivity index is 2.18. The Morgan fingerprint density at radius 2 is 1.60 bits per heavy atom. The third-order valence-corrected chi connectivity index (χ3v) is 4.33. The molecule has 2 rings (SSSR count). The van der Waals surface area contributed by atoms with Crippen molar-refractivity contribution in [1.29, 1.82) is 0 Å². The van der Waals surface area contributed by atoms with Crippen LogP contribution in [0.2, 0.25) is 20.1 Å². The standard InChI is InChI=1S/C15H8Cl4N2O3S/c16-6-1-2-9(17)7(3-6)13(22)21-15(25)20-12-4-8(14(23)24)10(18)5-11(12)19/h1-5H,(H,23,24)(H2,20,21,22,25). The van der Waals surface area contributed by atoms with E-state index in [1.54, 1.807) is 0 Å². The Morgan fingerprint density at radius 3 is 2.24 bits per heavy atom. The Hall–Kier alpha value is -1.57. The second-order valence-electron chi connectivity index (χ2n) is 4.65. The highest BCUT2D eigenvalue weighted by Crippen LogP contribution is 2.29. The van der Waals surface area contributed by atoms with Gasteiger partial charge >= 0.3 is 5.97 Å². The molecule has 3 N–H and O–H groups in total. The maximum absolute atomic E-state index is 12.2. The summed E-state index contributed by atoms with van der Waals surface area (Å²) in [5.74, 6) is -1.82. The zero-order valence-electron chi connectivity index (χ0n) is 12.1. The number of nitrogens with one attached hydrogen (secondary N) is 2. The summed E-state index contributed by atoms with van der Waals surface area (Å²) < 4.78 is 0. The van der Waals surface area contributed by atoms with Crippen LogP contribution in [0.15, 0.2) is 30.3 Å². The number of carbonyl (C=O) groups is 2. The van der Waals surface area contributed by atoms with Gasteiger partial charge in [0.1, 0.15) is 0 Å². The number of amides is 1. The molecule has 0 heterocycles. The Labute approximate surface area is 167 Å². The number of carboxylic acid groups (broad SMARTS) is 1. The Bertz CT molecular complexity index is 889. The molecule has 0 saturated heterocycles. The van der Waals surface area contributed by atoms with Crippen molar-refractivity contribution in [2.75, 3.05) is 5.32 Å². The van der Waals surface area contributed by atoms with Crippen molar-refractivity contribution in [2.45, 2.75) is 0 Å². The van der Waals surface area contributed by atoms with E-state index in [4.69, 9.17) is 63.7 Å². The third kappa shape index (κ3) is 4.96. The van der Waals surface area contributed by atoms with Crippen LogP contribution in [0.4, 0.5) is 5.69 Å². The maximum atomic E-state index is 12.2. The van der Waals surface area contributed by atoms with Crippen molar-refractivity contribution in [1.82, 2.24) is 5.32 Å². The fourth-order valence-electron chi connectivity index (χ4n) is 1.80. The highest BCUT2D eigenvalue weighted by atomic mass is 35.5. The van der Waals surface area contributed by atoms with Gasteiger partial charge < -0.3 is 10.4 Å². The summed E-state index contributed by atoms with van der Waals surface area (Å²) in [5, 5.41) is 14.6. The number of carboxylic acids is 1. The molecule has 0 unspecified atom stereocenters. The van der Waals surface area contributed by atoms with Crippen LogP contribution in [0, 0.1) is 0 Å². The molecule has 1 amide bonds. The molecule has 2 aromatic carbocycles. The molecule has 5 nitrogen and oxygen atoms in total. The van der Waals surface area contributed by atoms with Gasteiger partial charge in [0.25, 0.3) is 5.91 Å². The number of hydrogen-bond donors (Lipinski definition) is 3. The second kappa shape index (κ2) is 8.21. The first kappa shape index (κ1) is 19.8.